The first-order valence-electron chi connectivity index (χ1n) is 9.56. The van der Waals surface area contributed by atoms with Crippen molar-refractivity contribution in [2.45, 2.75) is 66.1 Å². The third kappa shape index (κ3) is 4.79. The van der Waals surface area contributed by atoms with Crippen LogP contribution in [-0.2, 0) is 28.6 Å². The van der Waals surface area contributed by atoms with Gasteiger partial charge in [-0.15, -0.1) is 0 Å². The highest BCUT2D eigenvalue weighted by Crippen LogP contribution is 2.45. The second-order valence-corrected chi connectivity index (χ2v) is 7.83. The van der Waals surface area contributed by atoms with Crippen molar-refractivity contribution in [1.29, 1.82) is 0 Å². The molecular weight excluding hydrogens is 348 g/mol. The van der Waals surface area contributed by atoms with Crippen molar-refractivity contribution >= 4 is 17.9 Å². The minimum absolute atomic E-state index is 0.120. The minimum atomic E-state index is -0.540. The first-order chi connectivity index (χ1) is 12.6. The molecule has 150 valence electrons. The molecular formula is C21H30O6. The van der Waals surface area contributed by atoms with Gasteiger partial charge in [-0.3, -0.25) is 9.59 Å². The zero-order valence-corrected chi connectivity index (χ0v) is 16.9. The highest BCUT2D eigenvalue weighted by molar-refractivity contribution is 5.91. The lowest BCUT2D eigenvalue weighted by Gasteiger charge is -2.37. The summed E-state index contributed by atoms with van der Waals surface area (Å²) in [6.45, 7) is 13.3. The molecule has 2 aliphatic rings. The normalized spacial score (nSPS) is 25.9. The second kappa shape index (κ2) is 8.72. The van der Waals surface area contributed by atoms with Gasteiger partial charge in [-0.05, 0) is 31.3 Å². The SMILES string of the molecule is C=C1C(=O)O[C@@H]2CC(C)=C(C(C)CCCOC(C)=O)[C@H](OC(=O)C(C)C)[C@H]12. The van der Waals surface area contributed by atoms with Gasteiger partial charge in [0.05, 0.1) is 18.4 Å². The van der Waals surface area contributed by atoms with Crippen LogP contribution >= 0.6 is 0 Å². The number of hydrogen-bond acceptors (Lipinski definition) is 6. The maximum absolute atomic E-state index is 12.3. The van der Waals surface area contributed by atoms with E-state index in [4.69, 9.17) is 14.2 Å². The van der Waals surface area contributed by atoms with Crippen LogP contribution in [0, 0.1) is 17.8 Å². The fourth-order valence-electron chi connectivity index (χ4n) is 3.91. The van der Waals surface area contributed by atoms with E-state index in [-0.39, 0.29) is 35.8 Å². The monoisotopic (exact) mass is 378 g/mol. The average molecular weight is 378 g/mol. The van der Waals surface area contributed by atoms with Crippen molar-refractivity contribution in [2.75, 3.05) is 6.61 Å². The van der Waals surface area contributed by atoms with Gasteiger partial charge in [0.2, 0.25) is 0 Å². The fourth-order valence-corrected chi connectivity index (χ4v) is 3.91. The Hall–Kier alpha value is -2.11. The Bertz CT molecular complexity index is 660. The highest BCUT2D eigenvalue weighted by Gasteiger charge is 2.50. The topological polar surface area (TPSA) is 78.9 Å². The zero-order chi connectivity index (χ0) is 20.3. The van der Waals surface area contributed by atoms with E-state index in [0.29, 0.717) is 25.0 Å². The molecule has 6 heteroatoms. The molecule has 1 unspecified atom stereocenters. The lowest BCUT2D eigenvalue weighted by molar-refractivity contribution is -0.155. The van der Waals surface area contributed by atoms with Gasteiger partial charge in [-0.1, -0.05) is 32.9 Å². The summed E-state index contributed by atoms with van der Waals surface area (Å²) >= 11 is 0. The zero-order valence-electron chi connectivity index (χ0n) is 16.9. The third-order valence-electron chi connectivity index (χ3n) is 5.29. The van der Waals surface area contributed by atoms with Crippen LogP contribution in [0.25, 0.3) is 0 Å². The number of fused-ring (bicyclic) bond motifs is 1. The Morgan fingerprint density at radius 1 is 1.30 bits per heavy atom. The van der Waals surface area contributed by atoms with Crippen LogP contribution in [0.3, 0.4) is 0 Å². The van der Waals surface area contributed by atoms with Gasteiger partial charge in [-0.2, -0.15) is 0 Å². The van der Waals surface area contributed by atoms with E-state index in [1.807, 2.05) is 6.92 Å². The van der Waals surface area contributed by atoms with Crippen molar-refractivity contribution in [3.05, 3.63) is 23.3 Å². The quantitative estimate of drug-likeness (QED) is 0.222. The largest absolute Gasteiger partial charge is 0.466 e. The van der Waals surface area contributed by atoms with Crippen LogP contribution in [0.5, 0.6) is 0 Å². The fraction of sp³-hybridized carbons (Fsp3) is 0.667. The third-order valence-corrected chi connectivity index (χ3v) is 5.29. The van der Waals surface area contributed by atoms with Gasteiger partial charge in [0, 0.05) is 18.9 Å². The standard InChI is InChI=1S/C21H30O6/c1-11(2)20(23)27-19-17(12(3)8-7-9-25-15(6)22)13(4)10-16-18(19)14(5)21(24)26-16/h11-12,16,18-19H,5,7-10H2,1-4,6H3/t12?,16-,18-,19+/m1/s1. The molecule has 27 heavy (non-hydrogen) atoms. The predicted octanol–water partition coefficient (Wildman–Crippen LogP) is 3.35. The Kier molecular flexibility index (Phi) is 6.84. The van der Waals surface area contributed by atoms with Crippen LogP contribution < -0.4 is 0 Å². The van der Waals surface area contributed by atoms with Gasteiger partial charge < -0.3 is 14.2 Å². The number of rotatable bonds is 7. The number of esters is 3. The molecule has 0 aromatic rings. The first-order valence-corrected chi connectivity index (χ1v) is 9.56. The van der Waals surface area contributed by atoms with Crippen LogP contribution in [-0.4, -0.2) is 36.7 Å². The summed E-state index contributed by atoms with van der Waals surface area (Å²) in [6, 6.07) is 0. The molecule has 6 nitrogen and oxygen atoms in total. The molecule has 0 radical (unpaired) electrons. The average Bonchev–Trinajstić information content (AvgIpc) is 2.85. The molecule has 1 aliphatic heterocycles. The summed E-state index contributed by atoms with van der Waals surface area (Å²) in [5.74, 6) is -1.49. The van der Waals surface area contributed by atoms with Gasteiger partial charge in [0.25, 0.3) is 0 Å². The molecule has 0 aromatic heterocycles. The Balaban J connectivity index is 2.23. The van der Waals surface area contributed by atoms with E-state index in [0.717, 1.165) is 17.6 Å². The second-order valence-electron chi connectivity index (χ2n) is 7.83. The van der Waals surface area contributed by atoms with Gasteiger partial charge in [0.1, 0.15) is 12.2 Å². The Morgan fingerprint density at radius 3 is 2.56 bits per heavy atom. The molecule has 0 saturated carbocycles. The van der Waals surface area contributed by atoms with E-state index >= 15 is 0 Å². The number of hydrogen-bond donors (Lipinski definition) is 0. The molecule has 0 bridgehead atoms. The van der Waals surface area contributed by atoms with Crippen molar-refractivity contribution in [1.82, 2.24) is 0 Å². The summed E-state index contributed by atoms with van der Waals surface area (Å²) in [5, 5.41) is 0. The molecule has 0 N–H and O–H groups in total. The molecule has 1 saturated heterocycles. The minimum Gasteiger partial charge on any atom is -0.466 e. The number of ether oxygens (including phenoxy) is 3. The lowest BCUT2D eigenvalue weighted by atomic mass is 9.73. The molecule has 0 amide bonds. The van der Waals surface area contributed by atoms with Crippen molar-refractivity contribution in [2.24, 2.45) is 17.8 Å². The highest BCUT2D eigenvalue weighted by atomic mass is 16.6. The summed E-state index contributed by atoms with van der Waals surface area (Å²) in [4.78, 5) is 35.3. The van der Waals surface area contributed by atoms with Crippen LogP contribution in [0.4, 0.5) is 0 Å². The smallest absolute Gasteiger partial charge is 0.334 e. The van der Waals surface area contributed by atoms with Gasteiger partial charge >= 0.3 is 17.9 Å². The summed E-state index contributed by atoms with van der Waals surface area (Å²) in [7, 11) is 0. The van der Waals surface area contributed by atoms with E-state index < -0.39 is 12.1 Å². The van der Waals surface area contributed by atoms with E-state index in [1.54, 1.807) is 13.8 Å². The summed E-state index contributed by atoms with van der Waals surface area (Å²) in [5.41, 5.74) is 2.49. The summed E-state index contributed by atoms with van der Waals surface area (Å²) < 4.78 is 16.3. The maximum Gasteiger partial charge on any atom is 0.334 e. The molecule has 0 aromatic carbocycles. The lowest BCUT2D eigenvalue weighted by Crippen LogP contribution is -2.41. The number of carbonyl (C=O) groups is 3. The van der Waals surface area contributed by atoms with Crippen molar-refractivity contribution in [3.8, 4) is 0 Å². The van der Waals surface area contributed by atoms with E-state index in [9.17, 15) is 14.4 Å². The Labute approximate surface area is 160 Å². The molecule has 0 spiro atoms. The number of carbonyl (C=O) groups excluding carboxylic acids is 3. The van der Waals surface area contributed by atoms with Crippen molar-refractivity contribution < 1.29 is 28.6 Å². The van der Waals surface area contributed by atoms with E-state index in [2.05, 4.69) is 13.5 Å². The maximum atomic E-state index is 12.3. The molecule has 1 aliphatic carbocycles. The van der Waals surface area contributed by atoms with Crippen LogP contribution in [0.2, 0.25) is 0 Å². The molecule has 2 rings (SSSR count). The molecule has 1 fully saturated rings. The Morgan fingerprint density at radius 2 is 1.96 bits per heavy atom. The van der Waals surface area contributed by atoms with E-state index in [1.165, 1.54) is 6.92 Å². The molecule has 1 heterocycles. The summed E-state index contributed by atoms with van der Waals surface area (Å²) in [6.07, 6.45) is 1.25. The van der Waals surface area contributed by atoms with Crippen molar-refractivity contribution in [3.63, 3.8) is 0 Å². The van der Waals surface area contributed by atoms with Gasteiger partial charge in [-0.25, -0.2) is 4.79 Å². The van der Waals surface area contributed by atoms with Crippen LogP contribution in [0.1, 0.15) is 53.9 Å². The first kappa shape index (κ1) is 21.2. The van der Waals surface area contributed by atoms with Gasteiger partial charge in [0.15, 0.2) is 0 Å². The van der Waals surface area contributed by atoms with Crippen LogP contribution in [0.15, 0.2) is 23.3 Å². The predicted molar refractivity (Wildman–Crippen MR) is 99.6 cm³/mol. The molecule has 4 atom stereocenters.